The zero-order valence-corrected chi connectivity index (χ0v) is 7.56. The molecule has 0 spiro atoms. The number of carbonyl (C=O) groups excluding carboxylic acids is 1. The molecule has 1 atom stereocenters. The summed E-state index contributed by atoms with van der Waals surface area (Å²) in [5.74, 6) is -0.558. The SMILES string of the molecule is CCN(CC)C(=O)CS(=O)O. The summed E-state index contributed by atoms with van der Waals surface area (Å²) in [4.78, 5) is 12.5. The van der Waals surface area contributed by atoms with Crippen LogP contribution in [-0.4, -0.2) is 38.4 Å². The van der Waals surface area contributed by atoms with Gasteiger partial charge in [-0.3, -0.25) is 4.79 Å². The van der Waals surface area contributed by atoms with E-state index in [1.807, 2.05) is 13.8 Å². The molecular weight excluding hydrogens is 166 g/mol. The third-order valence-corrected chi connectivity index (χ3v) is 1.86. The molecule has 0 saturated heterocycles. The van der Waals surface area contributed by atoms with Crippen molar-refractivity contribution in [3.63, 3.8) is 0 Å². The molecular formula is C6H13NO3S. The molecule has 0 aromatic heterocycles. The first-order chi connectivity index (χ1) is 5.11. The van der Waals surface area contributed by atoms with E-state index < -0.39 is 11.1 Å². The molecule has 1 N–H and O–H groups in total. The van der Waals surface area contributed by atoms with Crippen molar-refractivity contribution in [1.29, 1.82) is 0 Å². The maximum Gasteiger partial charge on any atom is 0.237 e. The van der Waals surface area contributed by atoms with Crippen LogP contribution >= 0.6 is 0 Å². The number of amides is 1. The first kappa shape index (κ1) is 10.6. The van der Waals surface area contributed by atoms with Gasteiger partial charge in [0, 0.05) is 13.1 Å². The highest BCUT2D eigenvalue weighted by Crippen LogP contribution is 1.89. The molecule has 0 rings (SSSR count). The second-order valence-corrected chi connectivity index (χ2v) is 2.96. The van der Waals surface area contributed by atoms with Crippen LogP contribution < -0.4 is 0 Å². The van der Waals surface area contributed by atoms with Gasteiger partial charge in [0.1, 0.15) is 5.75 Å². The highest BCUT2D eigenvalue weighted by Gasteiger charge is 2.11. The molecule has 0 bridgehead atoms. The van der Waals surface area contributed by atoms with E-state index in [-0.39, 0.29) is 11.7 Å². The van der Waals surface area contributed by atoms with E-state index in [0.29, 0.717) is 13.1 Å². The molecule has 0 aliphatic carbocycles. The monoisotopic (exact) mass is 179 g/mol. The van der Waals surface area contributed by atoms with Crippen molar-refractivity contribution in [2.75, 3.05) is 18.8 Å². The lowest BCUT2D eigenvalue weighted by Crippen LogP contribution is -2.33. The van der Waals surface area contributed by atoms with E-state index in [4.69, 9.17) is 4.55 Å². The van der Waals surface area contributed by atoms with E-state index >= 15 is 0 Å². The molecule has 0 saturated carbocycles. The number of nitrogens with zero attached hydrogens (tertiary/aromatic N) is 1. The number of hydrogen-bond donors (Lipinski definition) is 1. The Kier molecular flexibility index (Phi) is 5.06. The maximum atomic E-state index is 11.0. The maximum absolute atomic E-state index is 11.0. The van der Waals surface area contributed by atoms with Crippen LogP contribution in [0.1, 0.15) is 13.8 Å². The van der Waals surface area contributed by atoms with Crippen LogP contribution in [0.15, 0.2) is 0 Å². The third-order valence-electron chi connectivity index (χ3n) is 1.36. The van der Waals surface area contributed by atoms with Gasteiger partial charge in [-0.1, -0.05) is 0 Å². The lowest BCUT2D eigenvalue weighted by molar-refractivity contribution is -0.128. The molecule has 1 unspecified atom stereocenters. The van der Waals surface area contributed by atoms with Gasteiger partial charge >= 0.3 is 0 Å². The van der Waals surface area contributed by atoms with E-state index in [0.717, 1.165) is 0 Å². The molecule has 0 aliphatic rings. The molecule has 0 aliphatic heterocycles. The molecule has 0 fully saturated rings. The Morgan fingerprint density at radius 3 is 2.18 bits per heavy atom. The highest BCUT2D eigenvalue weighted by molar-refractivity contribution is 7.80. The van der Waals surface area contributed by atoms with Crippen molar-refractivity contribution < 1.29 is 13.6 Å². The second-order valence-electron chi connectivity index (χ2n) is 2.03. The van der Waals surface area contributed by atoms with Gasteiger partial charge in [0.15, 0.2) is 11.1 Å². The minimum absolute atomic E-state index is 0.268. The molecule has 4 nitrogen and oxygen atoms in total. The Morgan fingerprint density at radius 2 is 1.91 bits per heavy atom. The van der Waals surface area contributed by atoms with Crippen molar-refractivity contribution in [1.82, 2.24) is 4.90 Å². The zero-order chi connectivity index (χ0) is 8.85. The van der Waals surface area contributed by atoms with E-state index in [1.165, 1.54) is 4.90 Å². The van der Waals surface area contributed by atoms with Crippen molar-refractivity contribution in [2.24, 2.45) is 0 Å². The summed E-state index contributed by atoms with van der Waals surface area (Å²) in [6.45, 7) is 4.85. The zero-order valence-electron chi connectivity index (χ0n) is 6.74. The summed E-state index contributed by atoms with van der Waals surface area (Å²) in [5, 5.41) is 0. The summed E-state index contributed by atoms with van der Waals surface area (Å²) < 4.78 is 18.6. The third kappa shape index (κ3) is 4.10. The fourth-order valence-electron chi connectivity index (χ4n) is 0.773. The summed E-state index contributed by atoms with van der Waals surface area (Å²) in [7, 11) is 0. The van der Waals surface area contributed by atoms with Crippen LogP contribution in [0, 0.1) is 0 Å². The van der Waals surface area contributed by atoms with Gasteiger partial charge in [-0.05, 0) is 13.8 Å². The average Bonchev–Trinajstić information content (AvgIpc) is 1.88. The van der Waals surface area contributed by atoms with Gasteiger partial charge < -0.3 is 9.45 Å². The normalized spacial score (nSPS) is 12.6. The molecule has 66 valence electrons. The van der Waals surface area contributed by atoms with Gasteiger partial charge in [-0.2, -0.15) is 0 Å². The Bertz CT molecular complexity index is 156. The fraction of sp³-hybridized carbons (Fsp3) is 0.833. The van der Waals surface area contributed by atoms with Crippen LogP contribution in [0.4, 0.5) is 0 Å². The van der Waals surface area contributed by atoms with Crippen LogP contribution in [-0.2, 0) is 15.9 Å². The van der Waals surface area contributed by atoms with E-state index in [1.54, 1.807) is 0 Å². The van der Waals surface area contributed by atoms with Crippen LogP contribution in [0.2, 0.25) is 0 Å². The summed E-state index contributed by atoms with van der Waals surface area (Å²) in [6.07, 6.45) is 0. The average molecular weight is 179 g/mol. The van der Waals surface area contributed by atoms with Crippen molar-refractivity contribution in [2.45, 2.75) is 13.8 Å². The smallest absolute Gasteiger partial charge is 0.237 e. The fourth-order valence-corrected chi connectivity index (χ4v) is 1.17. The molecule has 1 amide bonds. The van der Waals surface area contributed by atoms with E-state index in [2.05, 4.69) is 0 Å². The van der Waals surface area contributed by atoms with Crippen LogP contribution in [0.25, 0.3) is 0 Å². The van der Waals surface area contributed by atoms with Crippen LogP contribution in [0.3, 0.4) is 0 Å². The Balaban J connectivity index is 3.89. The quantitative estimate of drug-likeness (QED) is 0.622. The summed E-state index contributed by atoms with van der Waals surface area (Å²) in [5.41, 5.74) is 0. The Labute approximate surface area is 68.9 Å². The minimum atomic E-state index is -2.01. The van der Waals surface area contributed by atoms with Gasteiger partial charge in [-0.15, -0.1) is 0 Å². The predicted molar refractivity (Wildman–Crippen MR) is 43.6 cm³/mol. The van der Waals surface area contributed by atoms with Gasteiger partial charge in [0.25, 0.3) is 0 Å². The predicted octanol–water partition coefficient (Wildman–Crippen LogP) is 0.0765. The lowest BCUT2D eigenvalue weighted by Gasteiger charge is -2.16. The molecule has 0 heterocycles. The molecule has 0 aromatic carbocycles. The van der Waals surface area contributed by atoms with Crippen molar-refractivity contribution in [3.8, 4) is 0 Å². The van der Waals surface area contributed by atoms with Gasteiger partial charge in [0.05, 0.1) is 0 Å². The summed E-state index contributed by atoms with van der Waals surface area (Å²) in [6, 6.07) is 0. The molecule has 5 heteroatoms. The Morgan fingerprint density at radius 1 is 1.45 bits per heavy atom. The second kappa shape index (κ2) is 5.26. The highest BCUT2D eigenvalue weighted by atomic mass is 32.2. The minimum Gasteiger partial charge on any atom is -0.342 e. The topological polar surface area (TPSA) is 57.6 Å². The van der Waals surface area contributed by atoms with E-state index in [9.17, 15) is 9.00 Å². The van der Waals surface area contributed by atoms with Crippen LogP contribution in [0.5, 0.6) is 0 Å². The number of hydrogen-bond acceptors (Lipinski definition) is 2. The lowest BCUT2D eigenvalue weighted by atomic mass is 10.5. The first-order valence-electron chi connectivity index (χ1n) is 3.47. The number of rotatable bonds is 4. The van der Waals surface area contributed by atoms with Gasteiger partial charge in [-0.25, -0.2) is 4.21 Å². The largest absolute Gasteiger partial charge is 0.342 e. The standard InChI is InChI=1S/C6H13NO3S/c1-3-7(4-2)6(8)5-11(9)10/h3-5H2,1-2H3,(H,9,10). The van der Waals surface area contributed by atoms with Gasteiger partial charge in [0.2, 0.25) is 5.91 Å². The van der Waals surface area contributed by atoms with Crippen molar-refractivity contribution >= 4 is 17.0 Å². The Hall–Kier alpha value is -0.420. The molecule has 0 radical (unpaired) electrons. The summed E-state index contributed by atoms with van der Waals surface area (Å²) >= 11 is -2.01. The number of carbonyl (C=O) groups is 1. The first-order valence-corrected chi connectivity index (χ1v) is 4.74. The molecule has 0 aromatic rings. The van der Waals surface area contributed by atoms with Crippen molar-refractivity contribution in [3.05, 3.63) is 0 Å². The molecule has 11 heavy (non-hydrogen) atoms.